The van der Waals surface area contributed by atoms with E-state index in [-0.39, 0.29) is 11.8 Å². The van der Waals surface area contributed by atoms with Crippen LogP contribution in [0.4, 0.5) is 5.69 Å². The van der Waals surface area contributed by atoms with Gasteiger partial charge in [0.2, 0.25) is 0 Å². The lowest BCUT2D eigenvalue weighted by Crippen LogP contribution is -2.31. The van der Waals surface area contributed by atoms with E-state index < -0.39 is 0 Å². The van der Waals surface area contributed by atoms with Gasteiger partial charge in [-0.15, -0.1) is 0 Å². The molecule has 3 heteroatoms. The van der Waals surface area contributed by atoms with Crippen LogP contribution in [0.3, 0.4) is 0 Å². The monoisotopic (exact) mass is 220 g/mol. The summed E-state index contributed by atoms with van der Waals surface area (Å²) in [5.74, 6) is 0.450. The lowest BCUT2D eigenvalue weighted by atomic mass is 10.00. The predicted molar refractivity (Wildman–Crippen MR) is 67.4 cm³/mol. The minimum Gasteiger partial charge on any atom is -0.385 e. The van der Waals surface area contributed by atoms with Crippen molar-refractivity contribution in [3.05, 3.63) is 30.3 Å². The molecule has 0 aliphatic carbocycles. The van der Waals surface area contributed by atoms with Gasteiger partial charge in [0.05, 0.1) is 6.04 Å². The molecular formula is C13H20N2O. The van der Waals surface area contributed by atoms with Gasteiger partial charge in [-0.1, -0.05) is 25.1 Å². The van der Waals surface area contributed by atoms with E-state index in [0.717, 1.165) is 18.7 Å². The highest BCUT2D eigenvalue weighted by Crippen LogP contribution is 2.09. The van der Waals surface area contributed by atoms with Gasteiger partial charge in [-0.3, -0.25) is 4.79 Å². The van der Waals surface area contributed by atoms with E-state index >= 15 is 0 Å². The number of Topliss-reactive ketones (excluding diaryl/α,β-unsaturated/α-hetero) is 1. The number of ketones is 1. The van der Waals surface area contributed by atoms with Crippen LogP contribution in [0, 0.1) is 5.92 Å². The molecule has 16 heavy (non-hydrogen) atoms. The minimum atomic E-state index is -0.326. The molecule has 0 saturated heterocycles. The third-order valence-corrected chi connectivity index (χ3v) is 2.61. The fourth-order valence-electron chi connectivity index (χ4n) is 1.53. The Balaban J connectivity index is 2.30. The fourth-order valence-corrected chi connectivity index (χ4v) is 1.53. The second-order valence-electron chi connectivity index (χ2n) is 4.30. The zero-order valence-electron chi connectivity index (χ0n) is 9.94. The molecule has 88 valence electrons. The van der Waals surface area contributed by atoms with Gasteiger partial charge in [-0.25, -0.2) is 0 Å². The van der Waals surface area contributed by atoms with Crippen LogP contribution in [0.5, 0.6) is 0 Å². The third kappa shape index (κ3) is 4.45. The van der Waals surface area contributed by atoms with Crippen LogP contribution in [0.25, 0.3) is 0 Å². The van der Waals surface area contributed by atoms with Gasteiger partial charge < -0.3 is 11.1 Å². The lowest BCUT2D eigenvalue weighted by Gasteiger charge is -2.16. The predicted octanol–water partition coefficient (Wildman–Crippen LogP) is 2.04. The molecule has 0 fully saturated rings. The summed E-state index contributed by atoms with van der Waals surface area (Å²) >= 11 is 0. The maximum absolute atomic E-state index is 11.0. The highest BCUT2D eigenvalue weighted by Gasteiger charge is 2.12. The molecule has 0 amide bonds. The molecule has 1 aromatic rings. The molecule has 0 aromatic heterocycles. The normalized spacial score (nSPS) is 14.2. The van der Waals surface area contributed by atoms with Crippen LogP contribution < -0.4 is 11.1 Å². The van der Waals surface area contributed by atoms with Gasteiger partial charge in [0.1, 0.15) is 5.78 Å². The van der Waals surface area contributed by atoms with Gasteiger partial charge in [0.15, 0.2) is 0 Å². The van der Waals surface area contributed by atoms with E-state index in [4.69, 9.17) is 5.73 Å². The highest BCUT2D eigenvalue weighted by atomic mass is 16.1. The third-order valence-electron chi connectivity index (χ3n) is 2.61. The molecular weight excluding hydrogens is 200 g/mol. The topological polar surface area (TPSA) is 55.1 Å². The second kappa shape index (κ2) is 6.28. The van der Waals surface area contributed by atoms with E-state index in [2.05, 4.69) is 12.2 Å². The van der Waals surface area contributed by atoms with Gasteiger partial charge >= 0.3 is 0 Å². The first-order valence-corrected chi connectivity index (χ1v) is 5.64. The Labute approximate surface area is 97.0 Å². The fraction of sp³-hybridized carbons (Fsp3) is 0.462. The average Bonchev–Trinajstić information content (AvgIpc) is 2.27. The number of benzene rings is 1. The first kappa shape index (κ1) is 12.7. The number of nitrogens with two attached hydrogens (primary N) is 1. The van der Waals surface area contributed by atoms with E-state index in [1.807, 2.05) is 30.3 Å². The van der Waals surface area contributed by atoms with Crippen molar-refractivity contribution >= 4 is 11.5 Å². The summed E-state index contributed by atoms with van der Waals surface area (Å²) in [5.41, 5.74) is 6.81. The number of anilines is 1. The van der Waals surface area contributed by atoms with E-state index in [1.165, 1.54) is 0 Å². The summed E-state index contributed by atoms with van der Waals surface area (Å²) < 4.78 is 0. The van der Waals surface area contributed by atoms with Crippen LogP contribution in [0.15, 0.2) is 30.3 Å². The van der Waals surface area contributed by atoms with E-state index in [1.54, 1.807) is 6.92 Å². The van der Waals surface area contributed by atoms with Crippen LogP contribution in [-0.2, 0) is 4.79 Å². The Morgan fingerprint density at radius 2 is 2.00 bits per heavy atom. The van der Waals surface area contributed by atoms with E-state index in [9.17, 15) is 4.79 Å². The number of hydrogen-bond acceptors (Lipinski definition) is 3. The SMILES string of the molecule is CC(=O)C(N)CC(C)CNc1ccccc1. The number of para-hydroxylation sites is 1. The molecule has 0 spiro atoms. The lowest BCUT2D eigenvalue weighted by molar-refractivity contribution is -0.118. The first-order chi connectivity index (χ1) is 7.59. The zero-order chi connectivity index (χ0) is 12.0. The average molecular weight is 220 g/mol. The molecule has 3 nitrogen and oxygen atoms in total. The molecule has 0 aliphatic heterocycles. The number of carbonyl (C=O) groups excluding carboxylic acids is 1. The molecule has 0 radical (unpaired) electrons. The number of carbonyl (C=O) groups is 1. The Kier molecular flexibility index (Phi) is 4.99. The van der Waals surface area contributed by atoms with Crippen molar-refractivity contribution in [3.8, 4) is 0 Å². The number of hydrogen-bond donors (Lipinski definition) is 2. The summed E-state index contributed by atoms with van der Waals surface area (Å²) in [7, 11) is 0. The van der Waals surface area contributed by atoms with Gasteiger partial charge in [0, 0.05) is 12.2 Å². The maximum Gasteiger partial charge on any atom is 0.146 e. The first-order valence-electron chi connectivity index (χ1n) is 5.64. The van der Waals surface area contributed by atoms with Gasteiger partial charge in [-0.05, 0) is 31.4 Å². The smallest absolute Gasteiger partial charge is 0.146 e. The van der Waals surface area contributed by atoms with Gasteiger partial charge in [0.25, 0.3) is 0 Å². The molecule has 0 heterocycles. The van der Waals surface area contributed by atoms with E-state index in [0.29, 0.717) is 5.92 Å². The quantitative estimate of drug-likeness (QED) is 0.771. The number of rotatable bonds is 6. The second-order valence-corrected chi connectivity index (χ2v) is 4.30. The molecule has 0 bridgehead atoms. The molecule has 2 unspecified atom stereocenters. The summed E-state index contributed by atoms with van der Waals surface area (Å²) in [6.07, 6.45) is 0.731. The van der Waals surface area contributed by atoms with Crippen molar-refractivity contribution in [1.29, 1.82) is 0 Å². The molecule has 0 saturated carbocycles. The Morgan fingerprint density at radius 1 is 1.38 bits per heavy atom. The van der Waals surface area contributed by atoms with Crippen molar-refractivity contribution in [3.63, 3.8) is 0 Å². The largest absolute Gasteiger partial charge is 0.385 e. The molecule has 1 rings (SSSR count). The highest BCUT2D eigenvalue weighted by molar-refractivity contribution is 5.81. The molecule has 1 aromatic carbocycles. The maximum atomic E-state index is 11.0. The molecule has 2 atom stereocenters. The zero-order valence-corrected chi connectivity index (χ0v) is 9.94. The summed E-state index contributed by atoms with van der Waals surface area (Å²) in [4.78, 5) is 11.0. The van der Waals surface area contributed by atoms with Crippen molar-refractivity contribution in [2.24, 2.45) is 11.7 Å². The Bertz CT molecular complexity index is 324. The van der Waals surface area contributed by atoms with Crippen LogP contribution in [0.1, 0.15) is 20.3 Å². The Morgan fingerprint density at radius 3 is 2.56 bits per heavy atom. The summed E-state index contributed by atoms with van der Waals surface area (Å²) in [6, 6.07) is 9.70. The number of nitrogens with one attached hydrogen (secondary N) is 1. The van der Waals surface area contributed by atoms with Crippen molar-refractivity contribution < 1.29 is 4.79 Å². The molecule has 3 N–H and O–H groups in total. The van der Waals surface area contributed by atoms with Crippen LogP contribution in [-0.4, -0.2) is 18.4 Å². The van der Waals surface area contributed by atoms with Crippen molar-refractivity contribution in [2.75, 3.05) is 11.9 Å². The van der Waals surface area contributed by atoms with Crippen molar-refractivity contribution in [1.82, 2.24) is 0 Å². The van der Waals surface area contributed by atoms with Crippen LogP contribution >= 0.6 is 0 Å². The van der Waals surface area contributed by atoms with Crippen molar-refractivity contribution in [2.45, 2.75) is 26.3 Å². The summed E-state index contributed by atoms with van der Waals surface area (Å²) in [6.45, 7) is 4.48. The molecule has 0 aliphatic rings. The van der Waals surface area contributed by atoms with Crippen LogP contribution in [0.2, 0.25) is 0 Å². The standard InChI is InChI=1S/C13H20N2O/c1-10(8-13(14)11(2)16)9-15-12-6-4-3-5-7-12/h3-7,10,13,15H,8-9,14H2,1-2H3. The van der Waals surface area contributed by atoms with Gasteiger partial charge in [-0.2, -0.15) is 0 Å². The Hall–Kier alpha value is -1.35. The minimum absolute atomic E-state index is 0.0616. The summed E-state index contributed by atoms with van der Waals surface area (Å²) in [5, 5.41) is 3.32.